The number of aromatic amines is 1. The molecule has 4 nitrogen and oxygen atoms in total. The molecule has 0 unspecified atom stereocenters. The van der Waals surface area contributed by atoms with Crippen LogP contribution in [0.2, 0.25) is 5.02 Å². The minimum Gasteiger partial charge on any atom is -0.360 e. The van der Waals surface area contributed by atoms with Gasteiger partial charge in [-0.15, -0.1) is 0 Å². The number of pyridine rings is 1. The lowest BCUT2D eigenvalue weighted by Crippen LogP contribution is -2.01. The van der Waals surface area contributed by atoms with Gasteiger partial charge in [-0.3, -0.25) is 9.78 Å². The van der Waals surface area contributed by atoms with E-state index in [0.29, 0.717) is 16.1 Å². The van der Waals surface area contributed by atoms with Gasteiger partial charge >= 0.3 is 0 Å². The molecule has 0 fully saturated rings. The van der Waals surface area contributed by atoms with Crippen molar-refractivity contribution in [2.75, 3.05) is 0 Å². The summed E-state index contributed by atoms with van der Waals surface area (Å²) in [6, 6.07) is 10.7. The fraction of sp³-hybridized carbons (Fsp3) is 0. The van der Waals surface area contributed by atoms with Crippen LogP contribution in [0.25, 0.3) is 17.0 Å². The van der Waals surface area contributed by atoms with Crippen molar-refractivity contribution in [2.45, 2.75) is 0 Å². The number of aromatic nitrogens is 2. The van der Waals surface area contributed by atoms with E-state index in [1.54, 1.807) is 48.9 Å². The number of carbonyl (C=O) groups is 1. The number of allylic oxidation sites excluding steroid dienone is 1. The van der Waals surface area contributed by atoms with Gasteiger partial charge in [0.05, 0.1) is 0 Å². The predicted molar refractivity (Wildman–Crippen MR) is 85.5 cm³/mol. The Hall–Kier alpha value is -2.90. The average Bonchev–Trinajstić information content (AvgIpc) is 2.95. The number of ketones is 1. The smallest absolute Gasteiger partial charge is 0.205 e. The van der Waals surface area contributed by atoms with Crippen molar-refractivity contribution in [2.24, 2.45) is 0 Å². The number of hydrogen-bond acceptors (Lipinski definition) is 3. The maximum absolute atomic E-state index is 12.6. The topological polar surface area (TPSA) is 69.5 Å². The van der Waals surface area contributed by atoms with E-state index in [-0.39, 0.29) is 11.4 Å². The van der Waals surface area contributed by atoms with E-state index < -0.39 is 0 Å². The van der Waals surface area contributed by atoms with Crippen molar-refractivity contribution < 1.29 is 4.79 Å². The van der Waals surface area contributed by atoms with Gasteiger partial charge in [-0.05, 0) is 29.8 Å². The standard InChI is InChI=1S/C17H10ClN3O/c18-13-3-4-14-15(10-21-16(14)7-13)17(22)12(8-19)6-11-2-1-5-20-9-11/h1-7,9-10,21H. The summed E-state index contributed by atoms with van der Waals surface area (Å²) < 4.78 is 0. The number of H-pyrrole nitrogens is 1. The molecule has 0 spiro atoms. The van der Waals surface area contributed by atoms with Crippen molar-refractivity contribution in [3.8, 4) is 6.07 Å². The van der Waals surface area contributed by atoms with Gasteiger partial charge in [-0.1, -0.05) is 23.7 Å². The first kappa shape index (κ1) is 14.1. The summed E-state index contributed by atoms with van der Waals surface area (Å²) in [5, 5.41) is 10.6. The summed E-state index contributed by atoms with van der Waals surface area (Å²) >= 11 is 5.93. The van der Waals surface area contributed by atoms with E-state index in [0.717, 1.165) is 10.9 Å². The van der Waals surface area contributed by atoms with Gasteiger partial charge in [0.1, 0.15) is 11.6 Å². The molecule has 2 heterocycles. The lowest BCUT2D eigenvalue weighted by molar-refractivity contribution is 0.104. The Bertz CT molecular complexity index is 920. The molecule has 1 N–H and O–H groups in total. The van der Waals surface area contributed by atoms with E-state index in [1.807, 2.05) is 6.07 Å². The quantitative estimate of drug-likeness (QED) is 0.451. The molecular weight excluding hydrogens is 298 g/mol. The molecule has 0 saturated carbocycles. The first-order valence-electron chi connectivity index (χ1n) is 6.52. The first-order valence-corrected chi connectivity index (χ1v) is 6.90. The van der Waals surface area contributed by atoms with Gasteiger partial charge in [-0.2, -0.15) is 5.26 Å². The second kappa shape index (κ2) is 5.84. The van der Waals surface area contributed by atoms with E-state index in [4.69, 9.17) is 11.6 Å². The monoisotopic (exact) mass is 307 g/mol. The molecule has 0 aliphatic rings. The molecule has 0 aliphatic carbocycles. The molecule has 0 radical (unpaired) electrons. The van der Waals surface area contributed by atoms with E-state index >= 15 is 0 Å². The Kier molecular flexibility index (Phi) is 3.73. The number of halogens is 1. The Balaban J connectivity index is 2.04. The van der Waals surface area contributed by atoms with Gasteiger partial charge in [0.25, 0.3) is 0 Å². The number of fused-ring (bicyclic) bond motifs is 1. The molecule has 0 atom stereocenters. The van der Waals surface area contributed by atoms with E-state index in [2.05, 4.69) is 9.97 Å². The third-order valence-corrected chi connectivity index (χ3v) is 3.48. The molecule has 5 heteroatoms. The summed E-state index contributed by atoms with van der Waals surface area (Å²) in [5.41, 5.74) is 1.97. The van der Waals surface area contributed by atoms with Crippen LogP contribution in [-0.4, -0.2) is 15.8 Å². The van der Waals surface area contributed by atoms with Gasteiger partial charge in [0.15, 0.2) is 0 Å². The highest BCUT2D eigenvalue weighted by atomic mass is 35.5. The Morgan fingerprint density at radius 3 is 2.95 bits per heavy atom. The van der Waals surface area contributed by atoms with Crippen LogP contribution >= 0.6 is 11.6 Å². The lowest BCUT2D eigenvalue weighted by Gasteiger charge is -1.99. The molecule has 0 aliphatic heterocycles. The highest BCUT2D eigenvalue weighted by molar-refractivity contribution is 6.31. The third kappa shape index (κ3) is 2.62. The zero-order valence-electron chi connectivity index (χ0n) is 11.4. The molecule has 106 valence electrons. The fourth-order valence-electron chi connectivity index (χ4n) is 2.21. The number of nitrogens with zero attached hydrogens (tertiary/aromatic N) is 2. The van der Waals surface area contributed by atoms with Crippen LogP contribution in [0.5, 0.6) is 0 Å². The van der Waals surface area contributed by atoms with Gasteiger partial charge in [0, 0.05) is 40.1 Å². The van der Waals surface area contributed by atoms with Crippen LogP contribution in [-0.2, 0) is 0 Å². The molecule has 0 saturated heterocycles. The van der Waals surface area contributed by atoms with Crippen LogP contribution in [0.1, 0.15) is 15.9 Å². The molecule has 0 bridgehead atoms. The van der Waals surface area contributed by atoms with Gasteiger partial charge < -0.3 is 4.98 Å². The SMILES string of the molecule is N#CC(=Cc1cccnc1)C(=O)c1c[nH]c2cc(Cl)ccc12. The predicted octanol–water partition coefficient (Wildman–Crippen LogP) is 4.01. The maximum atomic E-state index is 12.6. The number of hydrogen-bond donors (Lipinski definition) is 1. The van der Waals surface area contributed by atoms with Crippen molar-refractivity contribution in [1.82, 2.24) is 9.97 Å². The van der Waals surface area contributed by atoms with Crippen LogP contribution < -0.4 is 0 Å². The molecule has 2 aromatic heterocycles. The van der Waals surface area contributed by atoms with Crippen molar-refractivity contribution in [1.29, 1.82) is 5.26 Å². The Labute approximate surface area is 131 Å². The van der Waals surface area contributed by atoms with Gasteiger partial charge in [0.2, 0.25) is 5.78 Å². The summed E-state index contributed by atoms with van der Waals surface area (Å²) in [7, 11) is 0. The normalized spacial score (nSPS) is 11.4. The van der Waals surface area contributed by atoms with Crippen LogP contribution in [0.3, 0.4) is 0 Å². The summed E-state index contributed by atoms with van der Waals surface area (Å²) in [5.74, 6) is -0.333. The van der Waals surface area contributed by atoms with Crippen molar-refractivity contribution in [3.63, 3.8) is 0 Å². The summed E-state index contributed by atoms with van der Waals surface area (Å²) in [6.07, 6.45) is 6.36. The number of nitriles is 1. The van der Waals surface area contributed by atoms with Crippen molar-refractivity contribution in [3.05, 3.63) is 70.6 Å². The minimum atomic E-state index is -0.333. The number of nitrogens with one attached hydrogen (secondary N) is 1. The van der Waals surface area contributed by atoms with Crippen LogP contribution in [0.4, 0.5) is 0 Å². The van der Waals surface area contributed by atoms with E-state index in [1.165, 1.54) is 6.08 Å². The average molecular weight is 308 g/mol. The Morgan fingerprint density at radius 1 is 1.36 bits per heavy atom. The number of rotatable bonds is 3. The second-order valence-corrected chi connectivity index (χ2v) is 5.11. The Morgan fingerprint density at radius 2 is 2.23 bits per heavy atom. The van der Waals surface area contributed by atoms with Crippen LogP contribution in [0.15, 0.2) is 54.5 Å². The third-order valence-electron chi connectivity index (χ3n) is 3.25. The number of carbonyl (C=O) groups excluding carboxylic acids is 1. The van der Waals surface area contributed by atoms with Gasteiger partial charge in [-0.25, -0.2) is 0 Å². The molecule has 0 amide bonds. The first-order chi connectivity index (χ1) is 10.7. The lowest BCUT2D eigenvalue weighted by atomic mass is 10.0. The highest BCUT2D eigenvalue weighted by Gasteiger charge is 2.16. The largest absolute Gasteiger partial charge is 0.360 e. The highest BCUT2D eigenvalue weighted by Crippen LogP contribution is 2.24. The fourth-order valence-corrected chi connectivity index (χ4v) is 2.38. The zero-order valence-corrected chi connectivity index (χ0v) is 12.1. The van der Waals surface area contributed by atoms with Crippen LogP contribution in [0, 0.1) is 11.3 Å². The number of benzene rings is 1. The summed E-state index contributed by atoms with van der Waals surface area (Å²) in [4.78, 5) is 19.5. The second-order valence-electron chi connectivity index (χ2n) is 4.68. The minimum absolute atomic E-state index is 0.0591. The molecular formula is C17H10ClN3O. The molecule has 3 rings (SSSR count). The van der Waals surface area contributed by atoms with Crippen molar-refractivity contribution >= 4 is 34.4 Å². The maximum Gasteiger partial charge on any atom is 0.205 e. The summed E-state index contributed by atoms with van der Waals surface area (Å²) in [6.45, 7) is 0. The molecule has 1 aromatic carbocycles. The molecule has 22 heavy (non-hydrogen) atoms. The van der Waals surface area contributed by atoms with E-state index in [9.17, 15) is 10.1 Å². The zero-order chi connectivity index (χ0) is 15.5. The number of Topliss-reactive ketones (excluding diaryl/α,β-unsaturated/α-hetero) is 1. The molecule has 3 aromatic rings.